The van der Waals surface area contributed by atoms with Crippen LogP contribution in [-0.2, 0) is 14.4 Å². The fourth-order valence-electron chi connectivity index (χ4n) is 5.36. The van der Waals surface area contributed by atoms with E-state index in [2.05, 4.69) is 0 Å². The molecule has 1 spiro atoms. The zero-order chi connectivity index (χ0) is 22.8. The van der Waals surface area contributed by atoms with Crippen molar-refractivity contribution in [3.8, 4) is 0 Å². The molecule has 1 atom stereocenters. The third kappa shape index (κ3) is 4.60. The van der Waals surface area contributed by atoms with E-state index < -0.39 is 0 Å². The Morgan fingerprint density at radius 2 is 1.73 bits per heavy atom. The van der Waals surface area contributed by atoms with Crippen LogP contribution in [0.1, 0.15) is 31.2 Å². The van der Waals surface area contributed by atoms with Gasteiger partial charge in [-0.25, -0.2) is 0 Å². The van der Waals surface area contributed by atoms with Gasteiger partial charge in [0.25, 0.3) is 0 Å². The van der Waals surface area contributed by atoms with Gasteiger partial charge in [-0.15, -0.1) is 0 Å². The summed E-state index contributed by atoms with van der Waals surface area (Å²) in [6.07, 6.45) is 6.66. The molecule has 7 heteroatoms. The first-order valence-corrected chi connectivity index (χ1v) is 12.6. The summed E-state index contributed by atoms with van der Waals surface area (Å²) in [6.45, 7) is 3.43. The maximum Gasteiger partial charge on any atom is 0.246 e. The monoisotopic (exact) mass is 463 g/mol. The van der Waals surface area contributed by atoms with Gasteiger partial charge >= 0.3 is 0 Å². The van der Waals surface area contributed by atoms with Crippen molar-refractivity contribution in [2.24, 2.45) is 11.3 Å². The molecule has 3 aliphatic heterocycles. The van der Waals surface area contributed by atoms with E-state index in [1.54, 1.807) is 22.3 Å². The highest BCUT2D eigenvalue weighted by Gasteiger charge is 2.45. The average molecular weight is 464 g/mol. The average Bonchev–Trinajstić information content (AvgIpc) is 3.59. The van der Waals surface area contributed by atoms with Gasteiger partial charge in [0.05, 0.1) is 5.92 Å². The molecule has 1 aromatic carbocycles. The van der Waals surface area contributed by atoms with Gasteiger partial charge in [0, 0.05) is 50.9 Å². The minimum Gasteiger partial charge on any atom is -0.342 e. The second-order valence-corrected chi connectivity index (χ2v) is 10.2. The first kappa shape index (κ1) is 21.9. The molecule has 0 saturated carbocycles. The Morgan fingerprint density at radius 3 is 2.42 bits per heavy atom. The number of likely N-dealkylation sites (tertiary alicyclic amines) is 2. The fourth-order valence-corrected chi connectivity index (χ4v) is 5.99. The number of benzene rings is 1. The van der Waals surface area contributed by atoms with Crippen LogP contribution in [0.25, 0.3) is 6.08 Å². The SMILES string of the molecule is O=C(/C=C/c1ccsc1)N1CCC2(CC1)CCN(C(=O)C1CC(=O)N(c3ccccc3)C1)C2. The second-order valence-electron chi connectivity index (χ2n) is 9.47. The number of piperidine rings is 1. The Balaban J connectivity index is 1.14. The lowest BCUT2D eigenvalue weighted by atomic mass is 9.77. The van der Waals surface area contributed by atoms with Crippen LogP contribution in [-0.4, -0.2) is 60.2 Å². The normalized spacial score (nSPS) is 22.6. The zero-order valence-electron chi connectivity index (χ0n) is 18.7. The van der Waals surface area contributed by atoms with Gasteiger partial charge in [-0.1, -0.05) is 18.2 Å². The standard InChI is InChI=1S/C26H29N3O3S/c30-23(7-6-20-8-15-33-18-20)27-12-9-26(10-13-27)11-14-28(19-26)25(32)21-16-24(31)29(17-21)22-4-2-1-3-5-22/h1-8,15,18,21H,9-14,16-17,19H2/b7-6+. The number of carbonyl (C=O) groups excluding carboxylic acids is 3. The van der Waals surface area contributed by atoms with Crippen molar-refractivity contribution in [3.05, 3.63) is 58.8 Å². The van der Waals surface area contributed by atoms with Crippen molar-refractivity contribution >= 4 is 40.8 Å². The highest BCUT2D eigenvalue weighted by Crippen LogP contribution is 2.41. The van der Waals surface area contributed by atoms with Gasteiger partial charge < -0.3 is 14.7 Å². The summed E-state index contributed by atoms with van der Waals surface area (Å²) < 4.78 is 0. The van der Waals surface area contributed by atoms with E-state index in [-0.39, 0.29) is 35.5 Å². The molecule has 3 fully saturated rings. The quantitative estimate of drug-likeness (QED) is 0.651. The summed E-state index contributed by atoms with van der Waals surface area (Å²) >= 11 is 1.62. The van der Waals surface area contributed by atoms with Gasteiger partial charge in [0.15, 0.2) is 0 Å². The molecule has 0 bridgehead atoms. The summed E-state index contributed by atoms with van der Waals surface area (Å²) in [6, 6.07) is 11.6. The van der Waals surface area contributed by atoms with E-state index in [1.807, 2.05) is 63.0 Å². The van der Waals surface area contributed by atoms with Crippen LogP contribution >= 0.6 is 11.3 Å². The predicted molar refractivity (Wildman–Crippen MR) is 130 cm³/mol. The van der Waals surface area contributed by atoms with E-state index in [0.29, 0.717) is 6.54 Å². The zero-order valence-corrected chi connectivity index (χ0v) is 19.5. The number of rotatable bonds is 4. The first-order chi connectivity index (χ1) is 16.0. The van der Waals surface area contributed by atoms with Crippen molar-refractivity contribution in [3.63, 3.8) is 0 Å². The number of hydrogen-bond acceptors (Lipinski definition) is 4. The molecular formula is C26H29N3O3S. The Labute approximate surface area is 198 Å². The van der Waals surface area contributed by atoms with Gasteiger partial charge in [0.1, 0.15) is 0 Å². The second kappa shape index (κ2) is 9.14. The van der Waals surface area contributed by atoms with Crippen LogP contribution in [0.5, 0.6) is 0 Å². The Hall–Kier alpha value is -2.93. The van der Waals surface area contributed by atoms with E-state index in [4.69, 9.17) is 0 Å². The summed E-state index contributed by atoms with van der Waals surface area (Å²) in [5, 5.41) is 4.03. The predicted octanol–water partition coefficient (Wildman–Crippen LogP) is 3.66. The van der Waals surface area contributed by atoms with Crippen LogP contribution in [0.3, 0.4) is 0 Å². The Kier molecular flexibility index (Phi) is 6.06. The molecule has 1 unspecified atom stereocenters. The first-order valence-electron chi connectivity index (χ1n) is 11.7. The molecule has 3 amide bonds. The van der Waals surface area contributed by atoms with E-state index in [1.165, 1.54) is 0 Å². The fraction of sp³-hybridized carbons (Fsp3) is 0.423. The van der Waals surface area contributed by atoms with E-state index in [9.17, 15) is 14.4 Å². The topological polar surface area (TPSA) is 60.9 Å². The van der Waals surface area contributed by atoms with Gasteiger partial charge in [-0.3, -0.25) is 14.4 Å². The summed E-state index contributed by atoms with van der Waals surface area (Å²) in [5.41, 5.74) is 2.02. The van der Waals surface area contributed by atoms with E-state index >= 15 is 0 Å². The highest BCUT2D eigenvalue weighted by molar-refractivity contribution is 7.08. The number of amides is 3. The number of hydrogen-bond donors (Lipinski definition) is 0. The van der Waals surface area contributed by atoms with Crippen LogP contribution in [0.4, 0.5) is 5.69 Å². The number of carbonyl (C=O) groups is 3. The van der Waals surface area contributed by atoms with Crippen molar-refractivity contribution in [1.29, 1.82) is 0 Å². The molecule has 2 aromatic rings. The molecule has 172 valence electrons. The third-order valence-electron chi connectivity index (χ3n) is 7.39. The molecule has 0 N–H and O–H groups in total. The molecule has 6 nitrogen and oxygen atoms in total. The third-order valence-corrected chi connectivity index (χ3v) is 8.09. The molecular weight excluding hydrogens is 434 g/mol. The minimum atomic E-state index is -0.267. The molecule has 3 saturated heterocycles. The lowest BCUT2D eigenvalue weighted by molar-refractivity contribution is -0.135. The number of anilines is 1. The van der Waals surface area contributed by atoms with E-state index in [0.717, 1.165) is 56.7 Å². The molecule has 0 radical (unpaired) electrons. The summed E-state index contributed by atoms with van der Waals surface area (Å²) in [4.78, 5) is 44.0. The Bertz CT molecular complexity index is 1040. The summed E-state index contributed by atoms with van der Waals surface area (Å²) in [5.74, 6) is -0.0733. The van der Waals surface area contributed by atoms with Crippen LogP contribution in [0.15, 0.2) is 53.2 Å². The Morgan fingerprint density at radius 1 is 1.00 bits per heavy atom. The van der Waals surface area contributed by atoms with Gasteiger partial charge in [-0.2, -0.15) is 11.3 Å². The van der Waals surface area contributed by atoms with Crippen molar-refractivity contribution in [1.82, 2.24) is 9.80 Å². The van der Waals surface area contributed by atoms with Crippen molar-refractivity contribution in [2.75, 3.05) is 37.6 Å². The highest BCUT2D eigenvalue weighted by atomic mass is 32.1. The molecule has 3 aliphatic rings. The molecule has 5 rings (SSSR count). The van der Waals surface area contributed by atoms with Crippen molar-refractivity contribution in [2.45, 2.75) is 25.7 Å². The number of para-hydroxylation sites is 1. The molecule has 0 aliphatic carbocycles. The van der Waals surface area contributed by atoms with Crippen LogP contribution < -0.4 is 4.90 Å². The lowest BCUT2D eigenvalue weighted by Crippen LogP contribution is -2.44. The van der Waals surface area contributed by atoms with Crippen LogP contribution in [0, 0.1) is 11.3 Å². The number of thiophene rings is 1. The molecule has 4 heterocycles. The maximum absolute atomic E-state index is 13.2. The number of nitrogens with zero attached hydrogens (tertiary/aromatic N) is 3. The summed E-state index contributed by atoms with van der Waals surface area (Å²) in [7, 11) is 0. The van der Waals surface area contributed by atoms with Gasteiger partial charge in [0.2, 0.25) is 17.7 Å². The molecule has 33 heavy (non-hydrogen) atoms. The van der Waals surface area contributed by atoms with Gasteiger partial charge in [-0.05, 0) is 65.3 Å². The van der Waals surface area contributed by atoms with Crippen molar-refractivity contribution < 1.29 is 14.4 Å². The lowest BCUT2D eigenvalue weighted by Gasteiger charge is -2.39. The smallest absolute Gasteiger partial charge is 0.246 e. The minimum absolute atomic E-state index is 0.0239. The maximum atomic E-state index is 13.2. The molecule has 1 aromatic heterocycles. The largest absolute Gasteiger partial charge is 0.342 e. The van der Waals surface area contributed by atoms with Crippen LogP contribution in [0.2, 0.25) is 0 Å².